The molecule has 76 valence electrons. The van der Waals surface area contributed by atoms with Gasteiger partial charge in [0.1, 0.15) is 0 Å². The van der Waals surface area contributed by atoms with Gasteiger partial charge in [0.2, 0.25) is 0 Å². The van der Waals surface area contributed by atoms with Crippen molar-refractivity contribution in [1.29, 1.82) is 0 Å². The highest BCUT2D eigenvalue weighted by atomic mass is 14.9. The lowest BCUT2D eigenvalue weighted by molar-refractivity contribution is 0.462. The fourth-order valence-corrected chi connectivity index (χ4v) is 2.18. The topological polar surface area (TPSA) is 38.0 Å². The van der Waals surface area contributed by atoms with E-state index in [9.17, 15) is 0 Å². The molecule has 1 aromatic rings. The summed E-state index contributed by atoms with van der Waals surface area (Å²) in [5.41, 5.74) is 9.61. The molecule has 2 heteroatoms. The first kappa shape index (κ1) is 9.53. The van der Waals surface area contributed by atoms with E-state index in [1.807, 2.05) is 0 Å². The molecule has 0 aliphatic carbocycles. The summed E-state index contributed by atoms with van der Waals surface area (Å²) in [6.45, 7) is 4.31. The molecule has 1 saturated heterocycles. The van der Waals surface area contributed by atoms with Gasteiger partial charge < -0.3 is 11.1 Å². The summed E-state index contributed by atoms with van der Waals surface area (Å²) in [5.74, 6) is 0.614. The lowest BCUT2D eigenvalue weighted by Crippen LogP contribution is -2.28. The van der Waals surface area contributed by atoms with Crippen LogP contribution < -0.4 is 11.1 Å². The SMILES string of the molecule is Cc1cccc([C@@H]2CCCNC2)c1N. The van der Waals surface area contributed by atoms with Crippen LogP contribution in [0.1, 0.15) is 29.9 Å². The van der Waals surface area contributed by atoms with E-state index in [-0.39, 0.29) is 0 Å². The molecule has 1 aliphatic rings. The molecule has 3 N–H and O–H groups in total. The van der Waals surface area contributed by atoms with Crippen molar-refractivity contribution < 1.29 is 0 Å². The van der Waals surface area contributed by atoms with E-state index in [4.69, 9.17) is 5.73 Å². The average Bonchev–Trinajstić information content (AvgIpc) is 2.23. The Morgan fingerprint density at radius 2 is 2.29 bits per heavy atom. The highest BCUT2D eigenvalue weighted by molar-refractivity contribution is 5.54. The minimum Gasteiger partial charge on any atom is -0.398 e. The maximum atomic E-state index is 6.09. The molecule has 0 amide bonds. The Balaban J connectivity index is 2.26. The number of piperidine rings is 1. The van der Waals surface area contributed by atoms with Crippen molar-refractivity contribution >= 4 is 5.69 Å². The first-order valence-corrected chi connectivity index (χ1v) is 5.34. The van der Waals surface area contributed by atoms with Gasteiger partial charge >= 0.3 is 0 Å². The van der Waals surface area contributed by atoms with Gasteiger partial charge in [0.25, 0.3) is 0 Å². The molecule has 1 heterocycles. The van der Waals surface area contributed by atoms with E-state index in [1.165, 1.54) is 24.0 Å². The van der Waals surface area contributed by atoms with E-state index in [1.54, 1.807) is 0 Å². The molecule has 1 fully saturated rings. The molecular weight excluding hydrogens is 172 g/mol. The number of rotatable bonds is 1. The van der Waals surface area contributed by atoms with Gasteiger partial charge in [0, 0.05) is 12.2 Å². The van der Waals surface area contributed by atoms with E-state index >= 15 is 0 Å². The number of hydrogen-bond donors (Lipinski definition) is 2. The summed E-state index contributed by atoms with van der Waals surface area (Å²) in [6, 6.07) is 6.35. The summed E-state index contributed by atoms with van der Waals surface area (Å²) < 4.78 is 0. The Morgan fingerprint density at radius 3 is 3.00 bits per heavy atom. The number of nitrogens with two attached hydrogens (primary N) is 1. The zero-order valence-corrected chi connectivity index (χ0v) is 8.72. The summed E-state index contributed by atoms with van der Waals surface area (Å²) in [6.07, 6.45) is 2.53. The summed E-state index contributed by atoms with van der Waals surface area (Å²) in [4.78, 5) is 0. The number of anilines is 1. The van der Waals surface area contributed by atoms with Crippen molar-refractivity contribution in [3.8, 4) is 0 Å². The van der Waals surface area contributed by atoms with E-state index in [2.05, 4.69) is 30.4 Å². The van der Waals surface area contributed by atoms with Gasteiger partial charge in [-0.3, -0.25) is 0 Å². The number of nitrogen functional groups attached to an aromatic ring is 1. The molecule has 0 radical (unpaired) electrons. The van der Waals surface area contributed by atoms with Gasteiger partial charge in [-0.2, -0.15) is 0 Å². The molecule has 0 saturated carbocycles. The Morgan fingerprint density at radius 1 is 1.43 bits per heavy atom. The maximum Gasteiger partial charge on any atom is 0.0379 e. The zero-order valence-electron chi connectivity index (χ0n) is 8.72. The molecule has 0 bridgehead atoms. The second-order valence-corrected chi connectivity index (χ2v) is 4.12. The van der Waals surface area contributed by atoms with Crippen LogP contribution in [0.5, 0.6) is 0 Å². The van der Waals surface area contributed by atoms with Crippen LogP contribution in [-0.2, 0) is 0 Å². The lowest BCUT2D eigenvalue weighted by Gasteiger charge is -2.24. The lowest BCUT2D eigenvalue weighted by atomic mass is 9.89. The highest BCUT2D eigenvalue weighted by Gasteiger charge is 2.17. The monoisotopic (exact) mass is 190 g/mol. The third kappa shape index (κ3) is 1.75. The van der Waals surface area contributed by atoms with Crippen LogP contribution >= 0.6 is 0 Å². The fraction of sp³-hybridized carbons (Fsp3) is 0.500. The van der Waals surface area contributed by atoms with Crippen LogP contribution in [0.3, 0.4) is 0 Å². The Hall–Kier alpha value is -1.02. The van der Waals surface area contributed by atoms with Crippen LogP contribution in [-0.4, -0.2) is 13.1 Å². The van der Waals surface area contributed by atoms with Crippen molar-refractivity contribution in [3.63, 3.8) is 0 Å². The highest BCUT2D eigenvalue weighted by Crippen LogP contribution is 2.29. The van der Waals surface area contributed by atoms with E-state index < -0.39 is 0 Å². The Kier molecular flexibility index (Phi) is 2.73. The molecule has 1 aromatic carbocycles. The zero-order chi connectivity index (χ0) is 9.97. The molecule has 2 rings (SSSR count). The predicted octanol–water partition coefficient (Wildman–Crippen LogP) is 2.04. The number of hydrogen-bond acceptors (Lipinski definition) is 2. The second kappa shape index (κ2) is 4.01. The summed E-state index contributed by atoms with van der Waals surface area (Å²) in [5, 5.41) is 3.42. The first-order chi connectivity index (χ1) is 6.79. The quantitative estimate of drug-likeness (QED) is 0.665. The van der Waals surface area contributed by atoms with Gasteiger partial charge in [-0.05, 0) is 43.4 Å². The molecular formula is C12H18N2. The van der Waals surface area contributed by atoms with Gasteiger partial charge in [-0.1, -0.05) is 18.2 Å². The van der Waals surface area contributed by atoms with Gasteiger partial charge in [0.15, 0.2) is 0 Å². The molecule has 0 spiro atoms. The molecule has 14 heavy (non-hydrogen) atoms. The van der Waals surface area contributed by atoms with E-state index in [0.29, 0.717) is 5.92 Å². The minimum absolute atomic E-state index is 0.614. The van der Waals surface area contributed by atoms with E-state index in [0.717, 1.165) is 18.8 Å². The smallest absolute Gasteiger partial charge is 0.0379 e. The van der Waals surface area contributed by atoms with Crippen molar-refractivity contribution in [2.75, 3.05) is 18.8 Å². The molecule has 1 aliphatic heterocycles. The van der Waals surface area contributed by atoms with Gasteiger partial charge in [-0.25, -0.2) is 0 Å². The fourth-order valence-electron chi connectivity index (χ4n) is 2.18. The number of benzene rings is 1. The van der Waals surface area contributed by atoms with Crippen molar-refractivity contribution in [2.24, 2.45) is 0 Å². The van der Waals surface area contributed by atoms with Crippen LogP contribution in [0.2, 0.25) is 0 Å². The van der Waals surface area contributed by atoms with Crippen LogP contribution in [0.25, 0.3) is 0 Å². The average molecular weight is 190 g/mol. The van der Waals surface area contributed by atoms with Crippen LogP contribution in [0, 0.1) is 6.92 Å². The van der Waals surface area contributed by atoms with Crippen molar-refractivity contribution in [2.45, 2.75) is 25.7 Å². The third-order valence-corrected chi connectivity index (χ3v) is 3.09. The van der Waals surface area contributed by atoms with Crippen LogP contribution in [0.4, 0.5) is 5.69 Å². The molecule has 0 unspecified atom stereocenters. The predicted molar refractivity (Wildman–Crippen MR) is 60.4 cm³/mol. The van der Waals surface area contributed by atoms with Crippen molar-refractivity contribution in [3.05, 3.63) is 29.3 Å². The standard InChI is InChI=1S/C12H18N2/c1-9-4-2-6-11(12(9)13)10-5-3-7-14-8-10/h2,4,6,10,14H,3,5,7-8,13H2,1H3/t10-/m1/s1. The normalized spacial score (nSPS) is 22.2. The first-order valence-electron chi connectivity index (χ1n) is 5.34. The summed E-state index contributed by atoms with van der Waals surface area (Å²) >= 11 is 0. The number of aryl methyl sites for hydroxylation is 1. The molecule has 2 nitrogen and oxygen atoms in total. The number of nitrogens with one attached hydrogen (secondary N) is 1. The van der Waals surface area contributed by atoms with Gasteiger partial charge in [-0.15, -0.1) is 0 Å². The Labute approximate surface area is 85.5 Å². The largest absolute Gasteiger partial charge is 0.398 e. The second-order valence-electron chi connectivity index (χ2n) is 4.12. The van der Waals surface area contributed by atoms with Crippen LogP contribution in [0.15, 0.2) is 18.2 Å². The molecule has 0 aromatic heterocycles. The third-order valence-electron chi connectivity index (χ3n) is 3.09. The maximum absolute atomic E-state index is 6.09. The number of para-hydroxylation sites is 1. The molecule has 1 atom stereocenters. The van der Waals surface area contributed by atoms with Crippen molar-refractivity contribution in [1.82, 2.24) is 5.32 Å². The van der Waals surface area contributed by atoms with Gasteiger partial charge in [0.05, 0.1) is 0 Å². The Bertz CT molecular complexity index is 314. The summed E-state index contributed by atoms with van der Waals surface area (Å²) in [7, 11) is 0. The minimum atomic E-state index is 0.614.